The normalized spacial score (nSPS) is 10.1. The number of nitrogens with zero attached hydrogens (tertiary/aromatic N) is 2. The number of carbonyl (C=O) groups is 1. The Morgan fingerprint density at radius 1 is 1.56 bits per heavy atom. The number of ether oxygens (including phenoxy) is 1. The maximum absolute atomic E-state index is 10.9. The molecule has 0 atom stereocenters. The highest BCUT2D eigenvalue weighted by Gasteiger charge is 2.15. The van der Waals surface area contributed by atoms with Crippen LogP contribution in [0.25, 0.3) is 11.3 Å². The van der Waals surface area contributed by atoms with Crippen LogP contribution in [0.4, 0.5) is 0 Å². The van der Waals surface area contributed by atoms with Gasteiger partial charge in [0.2, 0.25) is 0 Å². The molecule has 0 spiro atoms. The van der Waals surface area contributed by atoms with Gasteiger partial charge in [-0.15, -0.1) is 0 Å². The zero-order chi connectivity index (χ0) is 11.5. The Bertz CT molecular complexity index is 522. The summed E-state index contributed by atoms with van der Waals surface area (Å²) in [6.45, 7) is 0. The quantitative estimate of drug-likeness (QED) is 0.809. The summed E-state index contributed by atoms with van der Waals surface area (Å²) in [5.41, 5.74) is 0.956. The molecule has 2 aromatic heterocycles. The number of nitrogens with one attached hydrogen (secondary N) is 1. The van der Waals surface area contributed by atoms with Gasteiger partial charge in [-0.3, -0.25) is 10.1 Å². The van der Waals surface area contributed by atoms with Crippen molar-refractivity contribution < 1.29 is 14.6 Å². The summed E-state index contributed by atoms with van der Waals surface area (Å²) < 4.78 is 5.04. The van der Waals surface area contributed by atoms with E-state index in [2.05, 4.69) is 15.2 Å². The standard InChI is InChI=1S/C10H9N3O3/c1-16-6-2-3-11-8(4-6)7-5-12-13-9(7)10(14)15/h2-5H,1H3,(H,12,13)(H,14,15). The summed E-state index contributed by atoms with van der Waals surface area (Å²) in [4.78, 5) is 14.9. The van der Waals surface area contributed by atoms with Crippen LogP contribution in [-0.4, -0.2) is 33.4 Å². The van der Waals surface area contributed by atoms with Crippen LogP contribution in [-0.2, 0) is 0 Å². The molecule has 16 heavy (non-hydrogen) atoms. The fourth-order valence-corrected chi connectivity index (χ4v) is 1.33. The first-order valence-electron chi connectivity index (χ1n) is 4.49. The number of rotatable bonds is 3. The number of aromatic nitrogens is 3. The zero-order valence-electron chi connectivity index (χ0n) is 8.47. The fourth-order valence-electron chi connectivity index (χ4n) is 1.33. The average Bonchev–Trinajstić information content (AvgIpc) is 2.78. The van der Waals surface area contributed by atoms with Crippen molar-refractivity contribution in [3.05, 3.63) is 30.2 Å². The van der Waals surface area contributed by atoms with Crippen LogP contribution in [0.3, 0.4) is 0 Å². The first-order valence-corrected chi connectivity index (χ1v) is 4.49. The van der Waals surface area contributed by atoms with E-state index in [0.717, 1.165) is 0 Å². The number of carboxylic acids is 1. The molecule has 82 valence electrons. The zero-order valence-corrected chi connectivity index (χ0v) is 8.47. The summed E-state index contributed by atoms with van der Waals surface area (Å²) in [5, 5.41) is 15.0. The maximum Gasteiger partial charge on any atom is 0.354 e. The predicted octanol–water partition coefficient (Wildman–Crippen LogP) is 1.18. The van der Waals surface area contributed by atoms with Gasteiger partial charge in [0.15, 0.2) is 5.69 Å². The van der Waals surface area contributed by atoms with Gasteiger partial charge in [-0.05, 0) is 6.07 Å². The number of H-pyrrole nitrogens is 1. The molecular weight excluding hydrogens is 210 g/mol. The maximum atomic E-state index is 10.9. The van der Waals surface area contributed by atoms with E-state index >= 15 is 0 Å². The first kappa shape index (κ1) is 10.2. The Hall–Kier alpha value is -2.37. The minimum atomic E-state index is -1.07. The molecule has 0 aliphatic carbocycles. The minimum absolute atomic E-state index is 0.0146. The van der Waals surface area contributed by atoms with Gasteiger partial charge in [-0.25, -0.2) is 4.79 Å². The third-order valence-electron chi connectivity index (χ3n) is 2.10. The molecule has 0 saturated heterocycles. The minimum Gasteiger partial charge on any atom is -0.497 e. The van der Waals surface area contributed by atoms with Gasteiger partial charge in [-0.2, -0.15) is 5.10 Å². The van der Waals surface area contributed by atoms with Gasteiger partial charge < -0.3 is 9.84 Å². The number of pyridine rings is 1. The molecule has 2 aromatic rings. The van der Waals surface area contributed by atoms with Crippen LogP contribution in [0, 0.1) is 0 Å². The van der Waals surface area contributed by atoms with E-state index in [0.29, 0.717) is 17.0 Å². The lowest BCUT2D eigenvalue weighted by atomic mass is 10.1. The summed E-state index contributed by atoms with van der Waals surface area (Å²) in [7, 11) is 1.53. The summed E-state index contributed by atoms with van der Waals surface area (Å²) in [5.74, 6) is -0.459. The molecule has 0 aliphatic rings. The van der Waals surface area contributed by atoms with Gasteiger partial charge in [0, 0.05) is 12.3 Å². The molecule has 0 bridgehead atoms. The number of aromatic amines is 1. The summed E-state index contributed by atoms with van der Waals surface area (Å²) >= 11 is 0. The van der Waals surface area contributed by atoms with Gasteiger partial charge in [0.1, 0.15) is 5.75 Å². The van der Waals surface area contributed by atoms with Crippen molar-refractivity contribution in [2.45, 2.75) is 0 Å². The Balaban J connectivity index is 2.50. The highest BCUT2D eigenvalue weighted by Crippen LogP contribution is 2.23. The molecule has 0 aromatic carbocycles. The number of methoxy groups -OCH3 is 1. The van der Waals surface area contributed by atoms with Crippen molar-refractivity contribution in [3.8, 4) is 17.0 Å². The van der Waals surface area contributed by atoms with Crippen LogP contribution in [0.5, 0.6) is 5.75 Å². The third kappa shape index (κ3) is 1.72. The van der Waals surface area contributed by atoms with Crippen LogP contribution >= 0.6 is 0 Å². The van der Waals surface area contributed by atoms with Crippen LogP contribution in [0.2, 0.25) is 0 Å². The molecule has 2 rings (SSSR count). The van der Waals surface area contributed by atoms with E-state index in [1.807, 2.05) is 0 Å². The third-order valence-corrected chi connectivity index (χ3v) is 2.10. The molecule has 0 saturated carbocycles. The van der Waals surface area contributed by atoms with Crippen LogP contribution in [0.1, 0.15) is 10.5 Å². The molecule has 2 heterocycles. The molecule has 0 fully saturated rings. The Labute approximate surface area is 90.9 Å². The highest BCUT2D eigenvalue weighted by atomic mass is 16.5. The number of aromatic carboxylic acids is 1. The van der Waals surface area contributed by atoms with E-state index < -0.39 is 5.97 Å². The lowest BCUT2D eigenvalue weighted by molar-refractivity contribution is 0.0691. The second kappa shape index (κ2) is 4.01. The van der Waals surface area contributed by atoms with E-state index in [1.54, 1.807) is 18.3 Å². The van der Waals surface area contributed by atoms with Gasteiger partial charge >= 0.3 is 5.97 Å². The largest absolute Gasteiger partial charge is 0.497 e. The Kier molecular flexibility index (Phi) is 2.55. The van der Waals surface area contributed by atoms with Crippen LogP contribution in [0.15, 0.2) is 24.5 Å². The van der Waals surface area contributed by atoms with E-state index in [1.165, 1.54) is 13.3 Å². The fraction of sp³-hybridized carbons (Fsp3) is 0.100. The van der Waals surface area contributed by atoms with E-state index in [4.69, 9.17) is 9.84 Å². The van der Waals surface area contributed by atoms with Gasteiger partial charge in [-0.1, -0.05) is 0 Å². The SMILES string of the molecule is COc1ccnc(-c2cn[nH]c2C(=O)O)c1. The number of hydrogen-bond acceptors (Lipinski definition) is 4. The first-order chi connectivity index (χ1) is 7.72. The molecule has 0 aliphatic heterocycles. The molecule has 0 unspecified atom stereocenters. The van der Waals surface area contributed by atoms with E-state index in [9.17, 15) is 4.79 Å². The summed E-state index contributed by atoms with van der Waals surface area (Å²) in [6.07, 6.45) is 2.97. The topological polar surface area (TPSA) is 88.1 Å². The predicted molar refractivity (Wildman–Crippen MR) is 55.3 cm³/mol. The average molecular weight is 219 g/mol. The van der Waals surface area contributed by atoms with Crippen molar-refractivity contribution in [3.63, 3.8) is 0 Å². The molecule has 6 heteroatoms. The summed E-state index contributed by atoms with van der Waals surface area (Å²) in [6, 6.07) is 3.33. The molecule has 6 nitrogen and oxygen atoms in total. The molecule has 2 N–H and O–H groups in total. The second-order valence-electron chi connectivity index (χ2n) is 3.04. The van der Waals surface area contributed by atoms with Gasteiger partial charge in [0.25, 0.3) is 0 Å². The van der Waals surface area contributed by atoms with E-state index in [-0.39, 0.29) is 5.69 Å². The molecular formula is C10H9N3O3. The molecule has 0 radical (unpaired) electrons. The van der Waals surface area contributed by atoms with Crippen molar-refractivity contribution in [2.75, 3.05) is 7.11 Å². The Morgan fingerprint density at radius 3 is 3.06 bits per heavy atom. The lowest BCUT2D eigenvalue weighted by Crippen LogP contribution is -1.99. The number of hydrogen-bond donors (Lipinski definition) is 2. The lowest BCUT2D eigenvalue weighted by Gasteiger charge is -2.02. The highest BCUT2D eigenvalue weighted by molar-refractivity contribution is 5.93. The number of carboxylic acid groups (broad SMARTS) is 1. The second-order valence-corrected chi connectivity index (χ2v) is 3.04. The smallest absolute Gasteiger partial charge is 0.354 e. The van der Waals surface area contributed by atoms with Crippen molar-refractivity contribution >= 4 is 5.97 Å². The van der Waals surface area contributed by atoms with Crippen molar-refractivity contribution in [1.82, 2.24) is 15.2 Å². The van der Waals surface area contributed by atoms with Gasteiger partial charge in [0.05, 0.1) is 24.6 Å². The monoisotopic (exact) mass is 219 g/mol. The molecule has 0 amide bonds. The van der Waals surface area contributed by atoms with Crippen molar-refractivity contribution in [1.29, 1.82) is 0 Å². The van der Waals surface area contributed by atoms with Crippen molar-refractivity contribution in [2.24, 2.45) is 0 Å². The Morgan fingerprint density at radius 2 is 2.38 bits per heavy atom. The van der Waals surface area contributed by atoms with Crippen LogP contribution < -0.4 is 4.74 Å².